The van der Waals surface area contributed by atoms with Gasteiger partial charge in [-0.05, 0) is 47.5 Å². The van der Waals surface area contributed by atoms with Crippen LogP contribution < -0.4 is 20.1 Å². The lowest BCUT2D eigenvalue weighted by Gasteiger charge is -2.11. The number of aliphatic imine (C=N–C) groups is 1. The minimum absolute atomic E-state index is 0. The topological polar surface area (TPSA) is 67.8 Å². The molecule has 1 aromatic carbocycles. The smallest absolute Gasteiger partial charge is 0.231 e. The summed E-state index contributed by atoms with van der Waals surface area (Å²) in [7, 11) is 0. The Morgan fingerprint density at radius 1 is 1.35 bits per heavy atom. The molecule has 0 saturated carbocycles. The molecular weight excluding hydrogens is 531 g/mol. The van der Waals surface area contributed by atoms with E-state index < -0.39 is 0 Å². The zero-order chi connectivity index (χ0) is 17.6. The Bertz CT molecular complexity index is 769. The summed E-state index contributed by atoms with van der Waals surface area (Å²) in [6.45, 7) is 6.56. The largest absolute Gasteiger partial charge is 0.454 e. The molecule has 0 amide bonds. The van der Waals surface area contributed by atoms with Gasteiger partial charge in [0.15, 0.2) is 17.5 Å². The van der Waals surface area contributed by atoms with E-state index in [1.165, 1.54) is 4.88 Å². The Balaban J connectivity index is 0.00000243. The standard InChI is InChI=1S/C17H21BrN4O2S.HI/c1-3-19-17(20-5-4-15-21-8-11(2)25-15)22-9-12-6-13(18)16-14(7-12)23-10-24-16;/h6-8H,3-5,9-10H2,1-2H3,(H2,19,20,22);1H. The summed E-state index contributed by atoms with van der Waals surface area (Å²) in [6.07, 6.45) is 2.80. The van der Waals surface area contributed by atoms with E-state index in [0.29, 0.717) is 6.54 Å². The quantitative estimate of drug-likeness (QED) is 0.323. The maximum absolute atomic E-state index is 5.45. The summed E-state index contributed by atoms with van der Waals surface area (Å²) in [5.74, 6) is 2.32. The van der Waals surface area contributed by atoms with Crippen molar-refractivity contribution in [2.24, 2.45) is 4.99 Å². The van der Waals surface area contributed by atoms with E-state index in [1.54, 1.807) is 11.3 Å². The van der Waals surface area contributed by atoms with E-state index in [2.05, 4.69) is 50.4 Å². The highest BCUT2D eigenvalue weighted by molar-refractivity contribution is 14.0. The molecule has 2 heterocycles. The van der Waals surface area contributed by atoms with E-state index in [-0.39, 0.29) is 30.8 Å². The Hall–Kier alpha value is -1.07. The van der Waals surface area contributed by atoms with E-state index in [9.17, 15) is 0 Å². The van der Waals surface area contributed by atoms with Crippen LogP contribution in [0.1, 0.15) is 22.4 Å². The molecule has 1 aliphatic heterocycles. The number of aromatic nitrogens is 1. The summed E-state index contributed by atoms with van der Waals surface area (Å²) in [5.41, 5.74) is 1.06. The number of hydrogen-bond acceptors (Lipinski definition) is 5. The van der Waals surface area contributed by atoms with Gasteiger partial charge in [-0.3, -0.25) is 0 Å². The molecule has 26 heavy (non-hydrogen) atoms. The van der Waals surface area contributed by atoms with Gasteiger partial charge in [0.2, 0.25) is 6.79 Å². The summed E-state index contributed by atoms with van der Waals surface area (Å²) in [6, 6.07) is 3.98. The maximum atomic E-state index is 5.45. The molecule has 0 fully saturated rings. The summed E-state index contributed by atoms with van der Waals surface area (Å²) >= 11 is 5.25. The lowest BCUT2D eigenvalue weighted by Crippen LogP contribution is -2.38. The van der Waals surface area contributed by atoms with Crippen molar-refractivity contribution in [2.45, 2.75) is 26.8 Å². The van der Waals surface area contributed by atoms with Crippen molar-refractivity contribution in [3.05, 3.63) is 38.3 Å². The minimum atomic E-state index is 0. The van der Waals surface area contributed by atoms with Gasteiger partial charge >= 0.3 is 0 Å². The van der Waals surface area contributed by atoms with Gasteiger partial charge in [-0.1, -0.05) is 0 Å². The number of fused-ring (bicyclic) bond motifs is 1. The van der Waals surface area contributed by atoms with Gasteiger partial charge in [0.05, 0.1) is 16.0 Å². The SMILES string of the molecule is CCNC(=NCc1cc(Br)c2c(c1)OCO2)NCCc1ncc(C)s1.I. The number of benzene rings is 1. The first-order chi connectivity index (χ1) is 12.2. The molecule has 0 atom stereocenters. The van der Waals surface area contributed by atoms with Gasteiger partial charge in [0, 0.05) is 30.6 Å². The summed E-state index contributed by atoms with van der Waals surface area (Å²) in [4.78, 5) is 10.3. The van der Waals surface area contributed by atoms with Crippen LogP contribution in [0.25, 0.3) is 0 Å². The van der Waals surface area contributed by atoms with Crippen LogP contribution in [0.2, 0.25) is 0 Å². The average molecular weight is 553 g/mol. The molecule has 1 aliphatic rings. The van der Waals surface area contributed by atoms with E-state index in [1.807, 2.05) is 18.3 Å². The Kier molecular flexibility index (Phi) is 8.42. The molecule has 2 aromatic rings. The van der Waals surface area contributed by atoms with Crippen LogP contribution >= 0.6 is 51.2 Å². The first-order valence-corrected chi connectivity index (χ1v) is 9.78. The molecule has 1 aromatic heterocycles. The third-order valence-electron chi connectivity index (χ3n) is 3.55. The van der Waals surface area contributed by atoms with Crippen LogP contribution in [-0.4, -0.2) is 30.8 Å². The van der Waals surface area contributed by atoms with Crippen LogP contribution in [0.5, 0.6) is 11.5 Å². The second-order valence-electron chi connectivity index (χ2n) is 5.55. The van der Waals surface area contributed by atoms with Crippen molar-refractivity contribution in [3.63, 3.8) is 0 Å². The van der Waals surface area contributed by atoms with Crippen LogP contribution in [0.15, 0.2) is 27.8 Å². The number of guanidine groups is 1. The number of thiazole rings is 1. The molecular formula is C17H22BrIN4O2S. The lowest BCUT2D eigenvalue weighted by molar-refractivity contribution is 0.173. The third-order valence-corrected chi connectivity index (χ3v) is 5.11. The molecule has 0 bridgehead atoms. The molecule has 0 aliphatic carbocycles. The fourth-order valence-corrected chi connectivity index (χ4v) is 3.82. The van der Waals surface area contributed by atoms with Crippen molar-refractivity contribution >= 4 is 57.2 Å². The monoisotopic (exact) mass is 552 g/mol. The molecule has 9 heteroatoms. The number of nitrogens with zero attached hydrogens (tertiary/aromatic N) is 2. The van der Waals surface area contributed by atoms with Gasteiger partial charge in [0.25, 0.3) is 0 Å². The molecule has 6 nitrogen and oxygen atoms in total. The lowest BCUT2D eigenvalue weighted by atomic mass is 10.2. The fourth-order valence-electron chi connectivity index (χ4n) is 2.43. The number of aryl methyl sites for hydroxylation is 1. The second-order valence-corrected chi connectivity index (χ2v) is 7.72. The number of nitrogens with one attached hydrogen (secondary N) is 2. The molecule has 0 spiro atoms. The zero-order valence-electron chi connectivity index (χ0n) is 14.7. The maximum Gasteiger partial charge on any atom is 0.231 e. The predicted molar refractivity (Wildman–Crippen MR) is 119 cm³/mol. The Labute approximate surface area is 182 Å². The van der Waals surface area contributed by atoms with Gasteiger partial charge in [-0.15, -0.1) is 35.3 Å². The van der Waals surface area contributed by atoms with Crippen molar-refractivity contribution in [1.82, 2.24) is 15.6 Å². The van der Waals surface area contributed by atoms with Gasteiger partial charge in [-0.2, -0.15) is 0 Å². The number of rotatable bonds is 6. The molecule has 0 radical (unpaired) electrons. The van der Waals surface area contributed by atoms with Crippen molar-refractivity contribution in [1.29, 1.82) is 0 Å². The average Bonchev–Trinajstić information content (AvgIpc) is 3.22. The van der Waals surface area contributed by atoms with Gasteiger partial charge < -0.3 is 20.1 Å². The van der Waals surface area contributed by atoms with E-state index >= 15 is 0 Å². The third kappa shape index (κ3) is 5.71. The zero-order valence-corrected chi connectivity index (χ0v) is 19.4. The molecule has 142 valence electrons. The first-order valence-electron chi connectivity index (χ1n) is 8.17. The normalized spacial score (nSPS) is 12.7. The highest BCUT2D eigenvalue weighted by Crippen LogP contribution is 2.40. The van der Waals surface area contributed by atoms with Crippen molar-refractivity contribution < 1.29 is 9.47 Å². The van der Waals surface area contributed by atoms with E-state index in [4.69, 9.17) is 9.47 Å². The van der Waals surface area contributed by atoms with Gasteiger partial charge in [0.1, 0.15) is 0 Å². The highest BCUT2D eigenvalue weighted by Gasteiger charge is 2.17. The molecule has 0 saturated heterocycles. The number of halogens is 2. The Morgan fingerprint density at radius 3 is 2.92 bits per heavy atom. The minimum Gasteiger partial charge on any atom is -0.454 e. The molecule has 0 unspecified atom stereocenters. The van der Waals surface area contributed by atoms with Gasteiger partial charge in [-0.25, -0.2) is 9.98 Å². The molecule has 3 rings (SSSR count). The summed E-state index contributed by atoms with van der Waals surface area (Å²) in [5, 5.41) is 7.76. The van der Waals surface area contributed by atoms with Crippen molar-refractivity contribution in [2.75, 3.05) is 19.9 Å². The Morgan fingerprint density at radius 2 is 2.19 bits per heavy atom. The van der Waals surface area contributed by atoms with Crippen LogP contribution in [0, 0.1) is 6.92 Å². The second kappa shape index (κ2) is 10.3. The predicted octanol–water partition coefficient (Wildman–Crippen LogP) is 3.86. The van der Waals surface area contributed by atoms with E-state index in [0.717, 1.165) is 52.0 Å². The highest BCUT2D eigenvalue weighted by atomic mass is 127. The number of ether oxygens (including phenoxy) is 2. The van der Waals surface area contributed by atoms with Crippen LogP contribution in [0.4, 0.5) is 0 Å². The summed E-state index contributed by atoms with van der Waals surface area (Å²) < 4.78 is 11.8. The van der Waals surface area contributed by atoms with Crippen molar-refractivity contribution in [3.8, 4) is 11.5 Å². The number of hydrogen-bond donors (Lipinski definition) is 2. The van der Waals surface area contributed by atoms with Crippen LogP contribution in [-0.2, 0) is 13.0 Å². The fraction of sp³-hybridized carbons (Fsp3) is 0.412. The first kappa shape index (κ1) is 21.2. The van der Waals surface area contributed by atoms with Crippen LogP contribution in [0.3, 0.4) is 0 Å². The molecule has 2 N–H and O–H groups in total.